The van der Waals surface area contributed by atoms with Gasteiger partial charge in [0, 0.05) is 45.6 Å². The molecule has 0 bridgehead atoms. The van der Waals surface area contributed by atoms with Crippen LogP contribution in [0.4, 0.5) is 0 Å². The van der Waals surface area contributed by atoms with Crippen molar-refractivity contribution in [3.8, 4) is 0 Å². The maximum Gasteiger partial charge on any atom is 0.222 e. The molecule has 0 saturated carbocycles. The van der Waals surface area contributed by atoms with Gasteiger partial charge in [0.15, 0.2) is 6.29 Å². The zero-order chi connectivity index (χ0) is 10.4. The minimum absolute atomic E-state index is 0.228. The van der Waals surface area contributed by atoms with Crippen LogP contribution in [0.5, 0.6) is 0 Å². The fourth-order valence-corrected chi connectivity index (χ4v) is 1.65. The van der Waals surface area contributed by atoms with E-state index in [0.717, 1.165) is 32.7 Å². The van der Waals surface area contributed by atoms with E-state index in [4.69, 9.17) is 0 Å². The molecule has 0 aromatic heterocycles. The Bertz CT molecular complexity index is 198. The first-order chi connectivity index (χ1) is 6.77. The average Bonchev–Trinajstić information content (AvgIpc) is 2.26. The molecule has 0 unspecified atom stereocenters. The van der Waals surface area contributed by atoms with Crippen molar-refractivity contribution in [2.75, 3.05) is 32.7 Å². The van der Waals surface area contributed by atoms with Crippen LogP contribution >= 0.6 is 0 Å². The van der Waals surface area contributed by atoms with E-state index in [0.29, 0.717) is 12.8 Å². The Labute approximate surface area is 84.9 Å². The van der Waals surface area contributed by atoms with Crippen molar-refractivity contribution in [2.45, 2.75) is 19.8 Å². The average molecular weight is 197 g/mol. The molecule has 0 aliphatic carbocycles. The van der Waals surface area contributed by atoms with E-state index in [2.05, 4.69) is 4.90 Å². The number of hydrogen-bond donors (Lipinski definition) is 0. The Kier molecular flexibility index (Phi) is 4.59. The van der Waals surface area contributed by atoms with E-state index in [1.165, 1.54) is 0 Å². The highest BCUT2D eigenvalue weighted by atomic mass is 16.2. The van der Waals surface area contributed by atoms with Crippen molar-refractivity contribution < 1.29 is 9.59 Å². The highest BCUT2D eigenvalue weighted by Crippen LogP contribution is 2.03. The molecular formula is C10H17N2O2. The van der Waals surface area contributed by atoms with Gasteiger partial charge in [0.2, 0.25) is 5.91 Å². The zero-order valence-electron chi connectivity index (χ0n) is 8.66. The van der Waals surface area contributed by atoms with E-state index in [1.54, 1.807) is 0 Å². The van der Waals surface area contributed by atoms with Crippen LogP contribution in [-0.4, -0.2) is 54.7 Å². The molecule has 1 aliphatic rings. The van der Waals surface area contributed by atoms with E-state index in [9.17, 15) is 9.59 Å². The van der Waals surface area contributed by atoms with E-state index >= 15 is 0 Å². The molecule has 14 heavy (non-hydrogen) atoms. The summed E-state index contributed by atoms with van der Waals surface area (Å²) in [5.41, 5.74) is 0. The van der Waals surface area contributed by atoms with Gasteiger partial charge in [-0.05, 0) is 0 Å². The first-order valence-corrected chi connectivity index (χ1v) is 5.13. The molecule has 4 heteroatoms. The Morgan fingerprint density at radius 3 is 2.43 bits per heavy atom. The Morgan fingerprint density at radius 2 is 1.93 bits per heavy atom. The lowest BCUT2D eigenvalue weighted by Crippen LogP contribution is -2.48. The number of carbonyl (C=O) groups is 1. The molecule has 1 amide bonds. The van der Waals surface area contributed by atoms with Crippen LogP contribution in [0.3, 0.4) is 0 Å². The number of nitrogens with zero attached hydrogens (tertiary/aromatic N) is 2. The number of hydrogen-bond acceptors (Lipinski definition) is 3. The molecule has 1 saturated heterocycles. The molecule has 0 aromatic rings. The molecule has 0 N–H and O–H groups in total. The first-order valence-electron chi connectivity index (χ1n) is 5.13. The molecule has 0 spiro atoms. The topological polar surface area (TPSA) is 40.6 Å². The highest BCUT2D eigenvalue weighted by Gasteiger charge is 2.18. The van der Waals surface area contributed by atoms with Gasteiger partial charge in [-0.2, -0.15) is 0 Å². The summed E-state index contributed by atoms with van der Waals surface area (Å²) in [6, 6.07) is 0. The predicted molar refractivity (Wildman–Crippen MR) is 53.6 cm³/mol. The summed E-state index contributed by atoms with van der Waals surface area (Å²) in [4.78, 5) is 25.5. The quantitative estimate of drug-likeness (QED) is 0.639. The van der Waals surface area contributed by atoms with Gasteiger partial charge in [-0.1, -0.05) is 6.92 Å². The van der Waals surface area contributed by atoms with Crippen LogP contribution in [0.25, 0.3) is 0 Å². The molecule has 1 radical (unpaired) electrons. The summed E-state index contributed by atoms with van der Waals surface area (Å²) in [6.07, 6.45) is 2.95. The first kappa shape index (κ1) is 11.2. The summed E-state index contributed by atoms with van der Waals surface area (Å²) >= 11 is 0. The smallest absolute Gasteiger partial charge is 0.222 e. The lowest BCUT2D eigenvalue weighted by molar-refractivity contribution is -0.132. The molecule has 4 nitrogen and oxygen atoms in total. The largest absolute Gasteiger partial charge is 0.340 e. The number of carbonyl (C=O) groups excluding carboxylic acids is 2. The molecule has 0 atom stereocenters. The Morgan fingerprint density at radius 1 is 1.29 bits per heavy atom. The highest BCUT2D eigenvalue weighted by molar-refractivity contribution is 5.75. The molecule has 79 valence electrons. The van der Waals surface area contributed by atoms with Gasteiger partial charge in [-0.3, -0.25) is 14.5 Å². The summed E-state index contributed by atoms with van der Waals surface area (Å²) in [5.74, 6) is 0.228. The van der Waals surface area contributed by atoms with Gasteiger partial charge in [0.1, 0.15) is 0 Å². The maximum atomic E-state index is 11.3. The van der Waals surface area contributed by atoms with Crippen LogP contribution in [-0.2, 0) is 9.59 Å². The summed E-state index contributed by atoms with van der Waals surface area (Å²) < 4.78 is 0. The third kappa shape index (κ3) is 3.10. The minimum Gasteiger partial charge on any atom is -0.340 e. The van der Waals surface area contributed by atoms with E-state index < -0.39 is 0 Å². The van der Waals surface area contributed by atoms with Crippen molar-refractivity contribution in [3.63, 3.8) is 0 Å². The van der Waals surface area contributed by atoms with Crippen LogP contribution in [0.1, 0.15) is 19.8 Å². The van der Waals surface area contributed by atoms with Gasteiger partial charge in [-0.25, -0.2) is 0 Å². The fourth-order valence-electron chi connectivity index (χ4n) is 1.65. The molecule has 1 fully saturated rings. The van der Waals surface area contributed by atoms with Gasteiger partial charge in [-0.15, -0.1) is 0 Å². The summed E-state index contributed by atoms with van der Waals surface area (Å²) in [6.45, 7) is 6.02. The number of amides is 1. The van der Waals surface area contributed by atoms with Gasteiger partial charge in [0.05, 0.1) is 0 Å². The number of rotatable bonds is 4. The Balaban J connectivity index is 2.24. The third-order valence-corrected chi connectivity index (χ3v) is 2.56. The molecule has 1 heterocycles. The van der Waals surface area contributed by atoms with Crippen molar-refractivity contribution in [1.29, 1.82) is 0 Å². The van der Waals surface area contributed by atoms with Crippen LogP contribution in [0, 0.1) is 0 Å². The predicted octanol–water partition coefficient (Wildman–Crippen LogP) is 0.0404. The van der Waals surface area contributed by atoms with Crippen molar-refractivity contribution >= 4 is 12.2 Å². The lowest BCUT2D eigenvalue weighted by atomic mass is 10.2. The van der Waals surface area contributed by atoms with Gasteiger partial charge in [0.25, 0.3) is 0 Å². The molecule has 1 aliphatic heterocycles. The molecule has 0 aromatic carbocycles. The minimum atomic E-state index is 0.228. The Hall–Kier alpha value is -0.900. The molecule has 1 rings (SSSR count). The second-order valence-electron chi connectivity index (χ2n) is 3.47. The zero-order valence-corrected chi connectivity index (χ0v) is 8.66. The molecular weight excluding hydrogens is 180 g/mol. The van der Waals surface area contributed by atoms with Crippen LogP contribution in [0.15, 0.2) is 0 Å². The van der Waals surface area contributed by atoms with E-state index in [-0.39, 0.29) is 5.91 Å². The van der Waals surface area contributed by atoms with Crippen LogP contribution in [0.2, 0.25) is 0 Å². The van der Waals surface area contributed by atoms with E-state index in [1.807, 2.05) is 18.1 Å². The van der Waals surface area contributed by atoms with Crippen molar-refractivity contribution in [3.05, 3.63) is 0 Å². The fraction of sp³-hybridized carbons (Fsp3) is 0.800. The standard InChI is InChI=1S/C10H17N2O2/c1-2-10(14)12-7-5-11(6-8-12)4-3-9-13/h2-8H2,1H3. The van der Waals surface area contributed by atoms with Crippen LogP contribution < -0.4 is 0 Å². The third-order valence-electron chi connectivity index (χ3n) is 2.56. The summed E-state index contributed by atoms with van der Waals surface area (Å²) in [7, 11) is 0. The lowest BCUT2D eigenvalue weighted by Gasteiger charge is -2.34. The van der Waals surface area contributed by atoms with Gasteiger partial charge < -0.3 is 4.90 Å². The van der Waals surface area contributed by atoms with Crippen molar-refractivity contribution in [2.24, 2.45) is 0 Å². The van der Waals surface area contributed by atoms with Crippen molar-refractivity contribution in [1.82, 2.24) is 9.80 Å². The second-order valence-corrected chi connectivity index (χ2v) is 3.47. The normalized spacial score (nSPS) is 18.2. The number of piperazine rings is 1. The monoisotopic (exact) mass is 197 g/mol. The van der Waals surface area contributed by atoms with Gasteiger partial charge >= 0.3 is 0 Å². The second kappa shape index (κ2) is 5.75. The SMILES string of the molecule is CCC(=O)N1CCN(CC[C]=O)CC1. The maximum absolute atomic E-state index is 11.3. The summed E-state index contributed by atoms with van der Waals surface area (Å²) in [5, 5.41) is 0.